The summed E-state index contributed by atoms with van der Waals surface area (Å²) in [4.78, 5) is 2.53. The van der Waals surface area contributed by atoms with Gasteiger partial charge in [0.2, 0.25) is 0 Å². The number of likely N-dealkylation sites (tertiary alicyclic amines) is 1. The molecule has 1 rings (SSSR count). The molecule has 0 aromatic heterocycles. The minimum atomic E-state index is 0.368. The molecule has 1 saturated heterocycles. The molecule has 0 aromatic carbocycles. The first kappa shape index (κ1) is 12.0. The zero-order valence-corrected chi connectivity index (χ0v) is 9.87. The van der Waals surface area contributed by atoms with Crippen molar-refractivity contribution in [2.45, 2.75) is 46.1 Å². The molecule has 1 N–H and O–H groups in total. The van der Waals surface area contributed by atoms with Crippen LogP contribution < -0.4 is 0 Å². The molecular weight excluding hydrogens is 174 g/mol. The van der Waals surface area contributed by atoms with Crippen LogP contribution >= 0.6 is 0 Å². The number of hydrogen-bond donors (Lipinski definition) is 1. The van der Waals surface area contributed by atoms with Crippen molar-refractivity contribution in [1.82, 2.24) is 4.90 Å². The van der Waals surface area contributed by atoms with Crippen molar-refractivity contribution in [3.05, 3.63) is 0 Å². The molecule has 0 bridgehead atoms. The molecule has 84 valence electrons. The quantitative estimate of drug-likeness (QED) is 0.733. The molecular formula is C12H25NO. The minimum Gasteiger partial charge on any atom is -0.396 e. The first-order chi connectivity index (χ1) is 6.67. The predicted molar refractivity (Wildman–Crippen MR) is 60.3 cm³/mol. The van der Waals surface area contributed by atoms with E-state index in [1.807, 2.05) is 0 Å². The van der Waals surface area contributed by atoms with Gasteiger partial charge in [0.15, 0.2) is 0 Å². The molecule has 3 unspecified atom stereocenters. The summed E-state index contributed by atoms with van der Waals surface area (Å²) in [6.07, 6.45) is 3.76. The number of nitrogens with zero attached hydrogens (tertiary/aromatic N) is 1. The molecule has 3 atom stereocenters. The van der Waals surface area contributed by atoms with E-state index < -0.39 is 0 Å². The highest BCUT2D eigenvalue weighted by Crippen LogP contribution is 2.22. The molecule has 0 radical (unpaired) electrons. The molecule has 1 fully saturated rings. The van der Waals surface area contributed by atoms with Crippen molar-refractivity contribution in [3.63, 3.8) is 0 Å². The van der Waals surface area contributed by atoms with E-state index in [2.05, 4.69) is 25.7 Å². The van der Waals surface area contributed by atoms with Gasteiger partial charge in [0.1, 0.15) is 0 Å². The monoisotopic (exact) mass is 199 g/mol. The summed E-state index contributed by atoms with van der Waals surface area (Å²) in [6.45, 7) is 9.57. The number of rotatable bonds is 5. The molecule has 0 aromatic rings. The van der Waals surface area contributed by atoms with E-state index in [-0.39, 0.29) is 0 Å². The second-order valence-corrected chi connectivity index (χ2v) is 4.93. The topological polar surface area (TPSA) is 23.5 Å². The maximum absolute atomic E-state index is 9.07. The van der Waals surface area contributed by atoms with Crippen LogP contribution in [0.3, 0.4) is 0 Å². The van der Waals surface area contributed by atoms with Crippen LogP contribution in [-0.4, -0.2) is 35.7 Å². The van der Waals surface area contributed by atoms with Crippen molar-refractivity contribution < 1.29 is 5.11 Å². The van der Waals surface area contributed by atoms with E-state index in [1.54, 1.807) is 0 Å². The highest BCUT2D eigenvalue weighted by molar-refractivity contribution is 4.79. The Balaban J connectivity index is 2.28. The Morgan fingerprint density at radius 1 is 1.43 bits per heavy atom. The highest BCUT2D eigenvalue weighted by atomic mass is 16.3. The van der Waals surface area contributed by atoms with Gasteiger partial charge in [0.25, 0.3) is 0 Å². The maximum Gasteiger partial charge on any atom is 0.0471 e. The average molecular weight is 199 g/mol. The lowest BCUT2D eigenvalue weighted by atomic mass is 9.99. The normalized spacial score (nSPS) is 27.9. The average Bonchev–Trinajstić information content (AvgIpc) is 2.65. The third-order valence-corrected chi connectivity index (χ3v) is 3.64. The molecule has 0 spiro atoms. The second kappa shape index (κ2) is 5.72. The van der Waals surface area contributed by atoms with Crippen molar-refractivity contribution >= 4 is 0 Å². The second-order valence-electron chi connectivity index (χ2n) is 4.93. The first-order valence-electron chi connectivity index (χ1n) is 6.02. The van der Waals surface area contributed by atoms with Crippen molar-refractivity contribution in [2.24, 2.45) is 11.8 Å². The highest BCUT2D eigenvalue weighted by Gasteiger charge is 2.25. The van der Waals surface area contributed by atoms with Crippen molar-refractivity contribution in [3.8, 4) is 0 Å². The zero-order valence-electron chi connectivity index (χ0n) is 9.87. The fourth-order valence-electron chi connectivity index (χ4n) is 2.31. The molecule has 0 saturated carbocycles. The molecule has 2 nitrogen and oxygen atoms in total. The largest absolute Gasteiger partial charge is 0.396 e. The smallest absolute Gasteiger partial charge is 0.0471 e. The van der Waals surface area contributed by atoms with Gasteiger partial charge in [0, 0.05) is 19.2 Å². The van der Waals surface area contributed by atoms with E-state index in [0.717, 1.165) is 12.5 Å². The number of aliphatic hydroxyl groups is 1. The molecule has 0 amide bonds. The van der Waals surface area contributed by atoms with Crippen LogP contribution in [0.15, 0.2) is 0 Å². The minimum absolute atomic E-state index is 0.368. The van der Waals surface area contributed by atoms with Gasteiger partial charge >= 0.3 is 0 Å². The lowest BCUT2D eigenvalue weighted by molar-refractivity contribution is 0.189. The zero-order chi connectivity index (χ0) is 10.6. The Bertz CT molecular complexity index is 160. The van der Waals surface area contributed by atoms with Gasteiger partial charge in [-0.2, -0.15) is 0 Å². The lowest BCUT2D eigenvalue weighted by Gasteiger charge is -2.26. The van der Waals surface area contributed by atoms with Gasteiger partial charge in [-0.15, -0.1) is 0 Å². The van der Waals surface area contributed by atoms with Gasteiger partial charge in [-0.1, -0.05) is 20.3 Å². The van der Waals surface area contributed by atoms with E-state index in [9.17, 15) is 0 Å². The van der Waals surface area contributed by atoms with Crippen LogP contribution in [0.2, 0.25) is 0 Å². The number of aliphatic hydroxyl groups excluding tert-OH is 1. The molecule has 1 heterocycles. The predicted octanol–water partition coefficient (Wildman–Crippen LogP) is 2.13. The van der Waals surface area contributed by atoms with Gasteiger partial charge in [-0.05, 0) is 38.1 Å². The van der Waals surface area contributed by atoms with E-state index in [1.165, 1.54) is 25.8 Å². The van der Waals surface area contributed by atoms with Gasteiger partial charge in [-0.3, -0.25) is 0 Å². The summed E-state index contributed by atoms with van der Waals surface area (Å²) < 4.78 is 0. The van der Waals surface area contributed by atoms with Gasteiger partial charge < -0.3 is 10.0 Å². The Morgan fingerprint density at radius 3 is 2.64 bits per heavy atom. The van der Waals surface area contributed by atoms with Crippen molar-refractivity contribution in [1.29, 1.82) is 0 Å². The first-order valence-corrected chi connectivity index (χ1v) is 6.02. The van der Waals surface area contributed by atoms with E-state index >= 15 is 0 Å². The van der Waals surface area contributed by atoms with E-state index in [0.29, 0.717) is 18.6 Å². The Morgan fingerprint density at radius 2 is 2.14 bits per heavy atom. The standard InChI is InChI=1S/C12H25NO/c1-4-10(2)7-11(3)13-6-5-12(8-13)9-14/h10-12,14H,4-9H2,1-3H3. The van der Waals surface area contributed by atoms with E-state index in [4.69, 9.17) is 5.11 Å². The van der Waals surface area contributed by atoms with Gasteiger partial charge in [0.05, 0.1) is 0 Å². The fraction of sp³-hybridized carbons (Fsp3) is 1.00. The van der Waals surface area contributed by atoms with Crippen LogP contribution in [0.25, 0.3) is 0 Å². The third-order valence-electron chi connectivity index (χ3n) is 3.64. The summed E-state index contributed by atoms with van der Waals surface area (Å²) in [5, 5.41) is 9.07. The summed E-state index contributed by atoms with van der Waals surface area (Å²) in [7, 11) is 0. The van der Waals surface area contributed by atoms with Crippen LogP contribution in [0.1, 0.15) is 40.0 Å². The molecule has 2 heteroatoms. The van der Waals surface area contributed by atoms with Crippen LogP contribution in [0.5, 0.6) is 0 Å². The van der Waals surface area contributed by atoms with Crippen LogP contribution in [0, 0.1) is 11.8 Å². The molecule has 14 heavy (non-hydrogen) atoms. The van der Waals surface area contributed by atoms with Crippen molar-refractivity contribution in [2.75, 3.05) is 19.7 Å². The van der Waals surface area contributed by atoms with Gasteiger partial charge in [-0.25, -0.2) is 0 Å². The Kier molecular flexibility index (Phi) is 4.90. The third kappa shape index (κ3) is 3.25. The SMILES string of the molecule is CCC(C)CC(C)N1CCC(CO)C1. The molecule has 1 aliphatic heterocycles. The van der Waals surface area contributed by atoms with Crippen LogP contribution in [-0.2, 0) is 0 Å². The summed E-state index contributed by atoms with van der Waals surface area (Å²) >= 11 is 0. The summed E-state index contributed by atoms with van der Waals surface area (Å²) in [6, 6.07) is 0.696. The maximum atomic E-state index is 9.07. The fourth-order valence-corrected chi connectivity index (χ4v) is 2.31. The molecule has 1 aliphatic rings. The Hall–Kier alpha value is -0.0800. The summed E-state index contributed by atoms with van der Waals surface area (Å²) in [5.74, 6) is 1.37. The summed E-state index contributed by atoms with van der Waals surface area (Å²) in [5.41, 5.74) is 0. The van der Waals surface area contributed by atoms with Crippen LogP contribution in [0.4, 0.5) is 0 Å². The Labute approximate surface area is 88.3 Å². The number of hydrogen-bond acceptors (Lipinski definition) is 2. The lowest BCUT2D eigenvalue weighted by Crippen LogP contribution is -2.32. The molecule has 0 aliphatic carbocycles.